The highest BCUT2D eigenvalue weighted by Gasteiger charge is 2.68. The molecule has 1 aromatic heterocycles. The molecule has 9 heteroatoms. The molecule has 3 aliphatic rings. The summed E-state index contributed by atoms with van der Waals surface area (Å²) in [5.74, 6) is 1.44. The fraction of sp³-hybridized carbons (Fsp3) is 0.700. The molecule has 2 aliphatic heterocycles. The lowest BCUT2D eigenvalue weighted by atomic mass is 9.96. The fourth-order valence-electron chi connectivity index (χ4n) is 4.51. The average Bonchev–Trinajstić information content (AvgIpc) is 3.23. The monoisotopic (exact) mass is 435 g/mol. The number of piperidine rings is 1. The lowest BCUT2D eigenvalue weighted by molar-refractivity contribution is -0.134. The Morgan fingerprint density at radius 2 is 1.86 bits per heavy atom. The number of nitrogens with zero attached hydrogens (tertiary/aromatic N) is 3. The second-order valence-electron chi connectivity index (χ2n) is 9.16. The van der Waals surface area contributed by atoms with Crippen molar-refractivity contribution in [3.8, 4) is 0 Å². The van der Waals surface area contributed by atoms with E-state index in [9.17, 15) is 9.59 Å². The Morgan fingerprint density at radius 3 is 2.45 bits per heavy atom. The Bertz CT molecular complexity index is 826. The maximum atomic E-state index is 13.0. The van der Waals surface area contributed by atoms with Crippen LogP contribution in [0.15, 0.2) is 10.4 Å². The molecule has 2 N–H and O–H groups in total. The van der Waals surface area contributed by atoms with Crippen LogP contribution in [0.2, 0.25) is 0 Å². The molecule has 4 rings (SSSR count). The minimum absolute atomic E-state index is 0.0785. The van der Waals surface area contributed by atoms with Crippen molar-refractivity contribution in [3.63, 3.8) is 0 Å². The van der Waals surface area contributed by atoms with Gasteiger partial charge < -0.3 is 4.90 Å². The van der Waals surface area contributed by atoms with Crippen LogP contribution in [0, 0.1) is 16.7 Å². The van der Waals surface area contributed by atoms with Gasteiger partial charge in [-0.15, -0.1) is 11.3 Å². The van der Waals surface area contributed by atoms with Crippen LogP contribution in [0.5, 0.6) is 0 Å². The van der Waals surface area contributed by atoms with Crippen LogP contribution in [0.25, 0.3) is 0 Å². The largest absolute Gasteiger partial charge is 0.342 e. The van der Waals surface area contributed by atoms with Gasteiger partial charge in [-0.3, -0.25) is 25.4 Å². The Morgan fingerprint density at radius 1 is 1.17 bits per heavy atom. The number of likely N-dealkylation sites (tertiary alicyclic amines) is 1. The van der Waals surface area contributed by atoms with Crippen molar-refractivity contribution in [1.29, 1.82) is 0 Å². The van der Waals surface area contributed by atoms with Gasteiger partial charge in [0.15, 0.2) is 5.17 Å². The zero-order chi connectivity index (χ0) is 20.8. The number of aliphatic imine (C=N–C) groups is 1. The standard InChI is InChI=1S/C20H29N5O2S2/c1-19(2)14(20(19,3)4)17(27)25-8-5-12(6-9-25)16-22-13(11-29-16)15(26)23-24-18-21-7-10-28-18/h11-12,14H,5-10H2,1-4H3,(H,21,24)(H,23,26). The number of amides is 2. The normalized spacial score (nSPS) is 23.6. The van der Waals surface area contributed by atoms with E-state index in [1.165, 1.54) is 11.3 Å². The summed E-state index contributed by atoms with van der Waals surface area (Å²) in [4.78, 5) is 36.1. The second-order valence-corrected chi connectivity index (χ2v) is 11.1. The maximum absolute atomic E-state index is 13.0. The van der Waals surface area contributed by atoms with Gasteiger partial charge in [-0.1, -0.05) is 39.5 Å². The topological polar surface area (TPSA) is 86.7 Å². The minimum Gasteiger partial charge on any atom is -0.342 e. The van der Waals surface area contributed by atoms with Gasteiger partial charge in [-0.2, -0.15) is 0 Å². The van der Waals surface area contributed by atoms with Crippen LogP contribution in [0.4, 0.5) is 0 Å². The van der Waals surface area contributed by atoms with Crippen molar-refractivity contribution in [2.45, 2.75) is 46.5 Å². The van der Waals surface area contributed by atoms with Gasteiger partial charge in [0, 0.05) is 36.1 Å². The number of aromatic nitrogens is 1. The van der Waals surface area contributed by atoms with Crippen LogP contribution in [-0.4, -0.2) is 52.3 Å². The summed E-state index contributed by atoms with van der Waals surface area (Å²) in [7, 11) is 0. The van der Waals surface area contributed by atoms with Crippen LogP contribution in [-0.2, 0) is 4.79 Å². The summed E-state index contributed by atoms with van der Waals surface area (Å²) in [6, 6.07) is 0. The van der Waals surface area contributed by atoms with Gasteiger partial charge in [-0.05, 0) is 23.7 Å². The first-order valence-corrected chi connectivity index (χ1v) is 12.1. The molecule has 2 amide bonds. The molecule has 0 spiro atoms. The number of rotatable bonds is 3. The first-order chi connectivity index (χ1) is 13.7. The number of nitrogens with one attached hydrogen (secondary N) is 2. The molecule has 0 unspecified atom stereocenters. The van der Waals surface area contributed by atoms with E-state index in [2.05, 4.69) is 48.5 Å². The quantitative estimate of drug-likeness (QED) is 0.713. The first kappa shape index (κ1) is 20.7. The lowest BCUT2D eigenvalue weighted by Gasteiger charge is -2.31. The van der Waals surface area contributed by atoms with Gasteiger partial charge in [-0.25, -0.2) is 4.98 Å². The van der Waals surface area contributed by atoms with E-state index in [-0.39, 0.29) is 22.7 Å². The van der Waals surface area contributed by atoms with Crippen LogP contribution in [0.1, 0.15) is 62.0 Å². The summed E-state index contributed by atoms with van der Waals surface area (Å²) >= 11 is 3.12. The third kappa shape index (κ3) is 3.79. The lowest BCUT2D eigenvalue weighted by Crippen LogP contribution is -2.40. The molecule has 29 heavy (non-hydrogen) atoms. The van der Waals surface area contributed by atoms with E-state index in [0.29, 0.717) is 17.5 Å². The second kappa shape index (κ2) is 7.58. The number of amidine groups is 1. The van der Waals surface area contributed by atoms with Crippen molar-refractivity contribution in [3.05, 3.63) is 16.1 Å². The highest BCUT2D eigenvalue weighted by atomic mass is 32.2. The molecule has 0 bridgehead atoms. The number of carbonyl (C=O) groups is 2. The summed E-state index contributed by atoms with van der Waals surface area (Å²) in [5.41, 5.74) is 6.10. The molecule has 0 atom stereocenters. The zero-order valence-electron chi connectivity index (χ0n) is 17.4. The molecule has 1 aliphatic carbocycles. The highest BCUT2D eigenvalue weighted by molar-refractivity contribution is 8.14. The molecule has 1 saturated carbocycles. The molecule has 7 nitrogen and oxygen atoms in total. The SMILES string of the molecule is CC1(C)C(C(=O)N2CCC(c3nc(C(=O)NNC4=NCCS4)cs3)CC2)C1(C)C. The number of carbonyl (C=O) groups excluding carboxylic acids is 2. The number of hydrazine groups is 1. The Kier molecular flexibility index (Phi) is 5.40. The molecule has 0 radical (unpaired) electrons. The summed E-state index contributed by atoms with van der Waals surface area (Å²) in [5, 5.41) is 3.54. The van der Waals surface area contributed by atoms with E-state index in [1.807, 2.05) is 10.3 Å². The van der Waals surface area contributed by atoms with Crippen LogP contribution in [0.3, 0.4) is 0 Å². The first-order valence-electron chi connectivity index (χ1n) is 10.2. The summed E-state index contributed by atoms with van der Waals surface area (Å²) in [6.45, 7) is 11.1. The van der Waals surface area contributed by atoms with Gasteiger partial charge in [0.05, 0.1) is 11.6 Å². The molecule has 0 aromatic carbocycles. The molecular weight excluding hydrogens is 406 g/mol. The smallest absolute Gasteiger partial charge is 0.289 e. The predicted octanol–water partition coefficient (Wildman–Crippen LogP) is 2.87. The van der Waals surface area contributed by atoms with E-state index in [1.54, 1.807) is 11.8 Å². The molecule has 3 heterocycles. The maximum Gasteiger partial charge on any atom is 0.289 e. The van der Waals surface area contributed by atoms with Crippen LogP contribution < -0.4 is 10.9 Å². The fourth-order valence-corrected chi connectivity index (χ4v) is 6.16. The van der Waals surface area contributed by atoms with Gasteiger partial charge >= 0.3 is 0 Å². The van der Waals surface area contributed by atoms with E-state index in [4.69, 9.17) is 0 Å². The van der Waals surface area contributed by atoms with Crippen LogP contribution >= 0.6 is 23.1 Å². The zero-order valence-corrected chi connectivity index (χ0v) is 19.1. The third-order valence-electron chi connectivity index (χ3n) is 7.05. The number of hydrogen-bond acceptors (Lipinski definition) is 7. The number of thiazole rings is 1. The Hall–Kier alpha value is -1.61. The molecule has 2 fully saturated rings. The van der Waals surface area contributed by atoms with Crippen molar-refractivity contribution in [2.75, 3.05) is 25.4 Å². The third-order valence-corrected chi connectivity index (χ3v) is 8.95. The van der Waals surface area contributed by atoms with Crippen molar-refractivity contribution < 1.29 is 9.59 Å². The van der Waals surface area contributed by atoms with Crippen molar-refractivity contribution >= 4 is 40.1 Å². The molecule has 1 saturated heterocycles. The average molecular weight is 436 g/mol. The van der Waals surface area contributed by atoms with E-state index < -0.39 is 0 Å². The van der Waals surface area contributed by atoms with Gasteiger partial charge in [0.2, 0.25) is 5.91 Å². The van der Waals surface area contributed by atoms with E-state index in [0.717, 1.165) is 48.4 Å². The number of thioether (sulfide) groups is 1. The Labute approximate surface area is 180 Å². The number of hydrogen-bond donors (Lipinski definition) is 2. The van der Waals surface area contributed by atoms with Gasteiger partial charge in [0.25, 0.3) is 5.91 Å². The summed E-state index contributed by atoms with van der Waals surface area (Å²) < 4.78 is 0. The van der Waals surface area contributed by atoms with Crippen molar-refractivity contribution in [2.24, 2.45) is 21.7 Å². The molecule has 1 aromatic rings. The predicted molar refractivity (Wildman–Crippen MR) is 117 cm³/mol. The minimum atomic E-state index is -0.242. The molecule has 158 valence electrons. The van der Waals surface area contributed by atoms with Gasteiger partial charge in [0.1, 0.15) is 5.69 Å². The molecular formula is C20H29N5O2S2. The van der Waals surface area contributed by atoms with E-state index >= 15 is 0 Å². The summed E-state index contributed by atoms with van der Waals surface area (Å²) in [6.07, 6.45) is 1.80. The van der Waals surface area contributed by atoms with Crippen molar-refractivity contribution in [1.82, 2.24) is 20.7 Å². The Balaban J connectivity index is 1.29. The highest BCUT2D eigenvalue weighted by Crippen LogP contribution is 2.68.